The molecule has 2 atom stereocenters. The van der Waals surface area contributed by atoms with Crippen molar-refractivity contribution in [1.82, 2.24) is 19.3 Å². The highest BCUT2D eigenvalue weighted by atomic mass is 32.2. The second-order valence-electron chi connectivity index (χ2n) is 7.38. The van der Waals surface area contributed by atoms with Gasteiger partial charge in [0.25, 0.3) is 0 Å². The van der Waals surface area contributed by atoms with Crippen molar-refractivity contribution in [3.05, 3.63) is 18.6 Å². The monoisotopic (exact) mass is 349 g/mol. The van der Waals surface area contributed by atoms with Crippen LogP contribution >= 0.6 is 0 Å². The third-order valence-electron chi connectivity index (χ3n) is 5.65. The molecule has 7 nitrogen and oxygen atoms in total. The number of anilines is 1. The maximum absolute atomic E-state index is 12.0. The van der Waals surface area contributed by atoms with Gasteiger partial charge in [0.15, 0.2) is 0 Å². The van der Waals surface area contributed by atoms with E-state index in [0.717, 1.165) is 42.8 Å². The molecular weight excluding hydrogens is 326 g/mol. The Balaban J connectivity index is 1.64. The summed E-state index contributed by atoms with van der Waals surface area (Å²) in [6.07, 6.45) is 6.80. The molecule has 2 saturated heterocycles. The second-order valence-corrected chi connectivity index (χ2v) is 9.37. The molecule has 130 valence electrons. The summed E-state index contributed by atoms with van der Waals surface area (Å²) in [6.45, 7) is 5.23. The highest BCUT2D eigenvalue weighted by Gasteiger charge is 2.45. The van der Waals surface area contributed by atoms with E-state index in [2.05, 4.69) is 26.8 Å². The number of rotatable bonds is 2. The van der Waals surface area contributed by atoms with E-state index in [4.69, 9.17) is 0 Å². The summed E-state index contributed by atoms with van der Waals surface area (Å²) < 4.78 is 25.6. The number of nitrogens with zero attached hydrogens (tertiary/aromatic N) is 4. The van der Waals surface area contributed by atoms with Crippen molar-refractivity contribution < 1.29 is 8.42 Å². The van der Waals surface area contributed by atoms with Gasteiger partial charge in [-0.3, -0.25) is 0 Å². The normalized spacial score (nSPS) is 28.9. The van der Waals surface area contributed by atoms with Crippen LogP contribution in [0.3, 0.4) is 0 Å². The maximum Gasteiger partial charge on any atom is 0.211 e. The Morgan fingerprint density at radius 3 is 2.83 bits per heavy atom. The summed E-state index contributed by atoms with van der Waals surface area (Å²) in [5, 5.41) is 1.02. The van der Waals surface area contributed by atoms with Gasteiger partial charge in [0, 0.05) is 37.8 Å². The van der Waals surface area contributed by atoms with Crippen LogP contribution in [0, 0.1) is 11.3 Å². The van der Waals surface area contributed by atoms with Crippen LogP contribution in [0.4, 0.5) is 5.82 Å². The highest BCUT2D eigenvalue weighted by Crippen LogP contribution is 2.43. The molecule has 0 aliphatic carbocycles. The van der Waals surface area contributed by atoms with Crippen LogP contribution in [-0.2, 0) is 10.0 Å². The molecule has 2 fully saturated rings. The number of nitrogens with one attached hydrogen (secondary N) is 1. The van der Waals surface area contributed by atoms with E-state index in [1.165, 1.54) is 6.26 Å². The molecule has 0 amide bonds. The summed E-state index contributed by atoms with van der Waals surface area (Å²) >= 11 is 0. The van der Waals surface area contributed by atoms with E-state index in [1.807, 2.05) is 12.3 Å². The number of aromatic nitrogens is 3. The van der Waals surface area contributed by atoms with Crippen molar-refractivity contribution in [1.29, 1.82) is 0 Å². The summed E-state index contributed by atoms with van der Waals surface area (Å²) in [5.74, 6) is 1.51. The van der Waals surface area contributed by atoms with E-state index in [9.17, 15) is 8.42 Å². The first-order valence-electron chi connectivity index (χ1n) is 8.35. The Kier molecular flexibility index (Phi) is 3.58. The smallest absolute Gasteiger partial charge is 0.211 e. The molecule has 0 spiro atoms. The van der Waals surface area contributed by atoms with Crippen molar-refractivity contribution in [3.63, 3.8) is 0 Å². The molecule has 4 rings (SSSR count). The fourth-order valence-electron chi connectivity index (χ4n) is 4.33. The minimum atomic E-state index is -3.14. The van der Waals surface area contributed by atoms with Crippen LogP contribution in [0.1, 0.15) is 19.8 Å². The molecule has 2 aliphatic heterocycles. The largest absolute Gasteiger partial charge is 0.355 e. The molecule has 2 aromatic rings. The molecule has 0 bridgehead atoms. The van der Waals surface area contributed by atoms with E-state index in [1.54, 1.807) is 10.6 Å². The van der Waals surface area contributed by atoms with Crippen molar-refractivity contribution in [2.24, 2.45) is 11.3 Å². The van der Waals surface area contributed by atoms with E-state index >= 15 is 0 Å². The van der Waals surface area contributed by atoms with Crippen LogP contribution in [-0.4, -0.2) is 60.1 Å². The number of H-pyrrole nitrogens is 1. The molecule has 1 unspecified atom stereocenters. The Labute approximate surface area is 142 Å². The molecule has 8 heteroatoms. The van der Waals surface area contributed by atoms with Gasteiger partial charge in [-0.2, -0.15) is 0 Å². The number of sulfonamides is 1. The molecule has 2 aromatic heterocycles. The van der Waals surface area contributed by atoms with Crippen molar-refractivity contribution >= 4 is 26.9 Å². The fraction of sp³-hybridized carbons (Fsp3) is 0.625. The van der Waals surface area contributed by atoms with Crippen LogP contribution in [0.15, 0.2) is 18.6 Å². The minimum Gasteiger partial charge on any atom is -0.355 e. The Morgan fingerprint density at radius 1 is 1.25 bits per heavy atom. The lowest BCUT2D eigenvalue weighted by molar-refractivity contribution is 0.0679. The van der Waals surface area contributed by atoms with E-state index < -0.39 is 10.0 Å². The Morgan fingerprint density at radius 2 is 2.04 bits per heavy atom. The van der Waals surface area contributed by atoms with Gasteiger partial charge in [-0.15, -0.1) is 0 Å². The van der Waals surface area contributed by atoms with Gasteiger partial charge in [-0.05, 0) is 24.8 Å². The molecule has 2 aliphatic rings. The molecule has 1 N–H and O–H groups in total. The molecule has 24 heavy (non-hydrogen) atoms. The van der Waals surface area contributed by atoms with Gasteiger partial charge < -0.3 is 9.88 Å². The van der Waals surface area contributed by atoms with Gasteiger partial charge in [-0.25, -0.2) is 22.7 Å². The van der Waals surface area contributed by atoms with Crippen LogP contribution in [0.25, 0.3) is 11.0 Å². The minimum absolute atomic E-state index is 0.0485. The average molecular weight is 349 g/mol. The highest BCUT2D eigenvalue weighted by molar-refractivity contribution is 7.88. The van der Waals surface area contributed by atoms with E-state index in [0.29, 0.717) is 19.0 Å². The van der Waals surface area contributed by atoms with Crippen LogP contribution in [0.5, 0.6) is 0 Å². The zero-order chi connectivity index (χ0) is 16.9. The average Bonchev–Trinajstić information content (AvgIpc) is 3.00. The molecule has 0 aromatic carbocycles. The lowest BCUT2D eigenvalue weighted by Crippen LogP contribution is -2.57. The van der Waals surface area contributed by atoms with Gasteiger partial charge in [0.1, 0.15) is 17.8 Å². The zero-order valence-electron chi connectivity index (χ0n) is 14.1. The first-order valence-corrected chi connectivity index (χ1v) is 10.2. The maximum atomic E-state index is 12.0. The summed E-state index contributed by atoms with van der Waals surface area (Å²) in [6, 6.07) is 2.00. The van der Waals surface area contributed by atoms with Crippen LogP contribution in [0.2, 0.25) is 0 Å². The summed E-state index contributed by atoms with van der Waals surface area (Å²) in [7, 11) is -3.14. The van der Waals surface area contributed by atoms with Gasteiger partial charge in [-0.1, -0.05) is 6.92 Å². The number of fused-ring (bicyclic) bond motifs is 2. The predicted molar refractivity (Wildman–Crippen MR) is 93.3 cm³/mol. The van der Waals surface area contributed by atoms with Gasteiger partial charge in [0.2, 0.25) is 10.0 Å². The topological polar surface area (TPSA) is 82.2 Å². The Bertz CT molecular complexity index is 864. The predicted octanol–water partition coefficient (Wildman–Crippen LogP) is 1.46. The lowest BCUT2D eigenvalue weighted by atomic mass is 9.69. The van der Waals surface area contributed by atoms with Gasteiger partial charge in [0.05, 0.1) is 11.6 Å². The first kappa shape index (κ1) is 15.8. The van der Waals surface area contributed by atoms with Crippen molar-refractivity contribution in [3.8, 4) is 0 Å². The SMILES string of the molecule is C[C@@]12CN(c3ncnc4[nH]ccc34)CCC1CCN(S(C)(=O)=O)C2. The molecule has 4 heterocycles. The molecule has 0 radical (unpaired) electrons. The van der Waals surface area contributed by atoms with Crippen molar-refractivity contribution in [2.75, 3.05) is 37.3 Å². The summed E-state index contributed by atoms with van der Waals surface area (Å²) in [5.41, 5.74) is 0.793. The number of hydrogen-bond donors (Lipinski definition) is 1. The van der Waals surface area contributed by atoms with Crippen molar-refractivity contribution in [2.45, 2.75) is 19.8 Å². The number of hydrogen-bond acceptors (Lipinski definition) is 5. The quantitative estimate of drug-likeness (QED) is 0.887. The van der Waals surface area contributed by atoms with E-state index in [-0.39, 0.29) is 5.41 Å². The van der Waals surface area contributed by atoms with Crippen LogP contribution < -0.4 is 4.90 Å². The fourth-order valence-corrected chi connectivity index (χ4v) is 5.30. The standard InChI is InChI=1S/C16H23N5O2S/c1-16-9-20(15-13-3-6-17-14(13)18-11-19-15)7-4-12(16)5-8-21(10-16)24(2,22)23/h3,6,11-12H,4-5,7-10H2,1-2H3,(H,17,18,19)/t12?,16-/m0/s1. The third-order valence-corrected chi connectivity index (χ3v) is 6.90. The Hall–Kier alpha value is -1.67. The lowest BCUT2D eigenvalue weighted by Gasteiger charge is -2.51. The number of piperidine rings is 2. The number of aromatic amines is 1. The third kappa shape index (κ3) is 2.57. The zero-order valence-corrected chi connectivity index (χ0v) is 14.9. The molecule has 0 saturated carbocycles. The van der Waals surface area contributed by atoms with Gasteiger partial charge >= 0.3 is 0 Å². The first-order chi connectivity index (χ1) is 11.4. The summed E-state index contributed by atoms with van der Waals surface area (Å²) in [4.78, 5) is 14.2. The second kappa shape index (κ2) is 5.42. The molecular formula is C16H23N5O2S.